The van der Waals surface area contributed by atoms with Crippen LogP contribution >= 0.6 is 0 Å². The first-order valence-corrected chi connectivity index (χ1v) is 7.84. The van der Waals surface area contributed by atoms with E-state index < -0.39 is 10.0 Å². The van der Waals surface area contributed by atoms with E-state index in [9.17, 15) is 8.42 Å². The molecule has 0 fully saturated rings. The molecule has 8 heteroatoms. The number of aromatic nitrogens is 1. The highest BCUT2D eigenvalue weighted by molar-refractivity contribution is 7.89. The molecule has 20 heavy (non-hydrogen) atoms. The minimum atomic E-state index is -3.59. The van der Waals surface area contributed by atoms with Crippen molar-refractivity contribution in [3.63, 3.8) is 0 Å². The van der Waals surface area contributed by atoms with Crippen LogP contribution in [0.4, 0.5) is 5.82 Å². The first kappa shape index (κ1) is 16.8. The summed E-state index contributed by atoms with van der Waals surface area (Å²) >= 11 is 0. The first-order chi connectivity index (χ1) is 9.47. The van der Waals surface area contributed by atoms with E-state index in [0.29, 0.717) is 19.0 Å². The van der Waals surface area contributed by atoms with Gasteiger partial charge in [0.1, 0.15) is 10.7 Å². The summed E-state index contributed by atoms with van der Waals surface area (Å²) in [7, 11) is -2.04. The average molecular weight is 302 g/mol. The summed E-state index contributed by atoms with van der Waals surface area (Å²) in [6, 6.07) is 2.90. The molecule has 1 aromatic rings. The largest absolute Gasteiger partial charge is 0.383 e. The number of nitrogens with two attached hydrogens (primary N) is 1. The molecule has 1 unspecified atom stereocenters. The first-order valence-electron chi connectivity index (χ1n) is 6.40. The molecule has 0 spiro atoms. The van der Waals surface area contributed by atoms with E-state index >= 15 is 0 Å². The van der Waals surface area contributed by atoms with Crippen LogP contribution in [-0.4, -0.2) is 44.0 Å². The van der Waals surface area contributed by atoms with Crippen LogP contribution in [0, 0.1) is 0 Å². The Kier molecular flexibility index (Phi) is 6.34. The number of ether oxygens (including phenoxy) is 1. The number of sulfonamides is 1. The van der Waals surface area contributed by atoms with Crippen molar-refractivity contribution >= 4 is 15.8 Å². The van der Waals surface area contributed by atoms with E-state index in [-0.39, 0.29) is 10.9 Å². The fourth-order valence-electron chi connectivity index (χ4n) is 1.72. The highest BCUT2D eigenvalue weighted by atomic mass is 32.2. The molecular formula is C12H22N4O3S. The monoisotopic (exact) mass is 302 g/mol. The molecule has 1 aromatic heterocycles. The maximum absolute atomic E-state index is 12.6. The fourth-order valence-corrected chi connectivity index (χ4v) is 3.35. The third kappa shape index (κ3) is 3.89. The molecule has 0 aliphatic heterocycles. The Hall–Kier alpha value is -1.22. The molecule has 0 amide bonds. The number of methoxy groups -OCH3 is 1. The second kappa shape index (κ2) is 7.53. The molecule has 1 rings (SSSR count). The number of anilines is 1. The Bertz CT molecular complexity index is 504. The van der Waals surface area contributed by atoms with Gasteiger partial charge in [-0.1, -0.05) is 6.92 Å². The average Bonchev–Trinajstić information content (AvgIpc) is 2.47. The summed E-state index contributed by atoms with van der Waals surface area (Å²) in [6.07, 6.45) is 2.02. The van der Waals surface area contributed by atoms with Gasteiger partial charge < -0.3 is 10.2 Å². The molecule has 0 saturated heterocycles. The van der Waals surface area contributed by atoms with Gasteiger partial charge in [-0.3, -0.25) is 0 Å². The predicted molar refractivity (Wildman–Crippen MR) is 77.6 cm³/mol. The van der Waals surface area contributed by atoms with Gasteiger partial charge in [-0.25, -0.2) is 19.2 Å². The lowest BCUT2D eigenvalue weighted by atomic mass is 10.3. The van der Waals surface area contributed by atoms with Crippen LogP contribution < -0.4 is 11.3 Å². The maximum Gasteiger partial charge on any atom is 0.244 e. The van der Waals surface area contributed by atoms with Crippen LogP contribution in [0.1, 0.15) is 20.3 Å². The van der Waals surface area contributed by atoms with Crippen molar-refractivity contribution in [1.29, 1.82) is 0 Å². The number of hydrogen-bond acceptors (Lipinski definition) is 6. The Morgan fingerprint density at radius 3 is 2.65 bits per heavy atom. The van der Waals surface area contributed by atoms with Crippen LogP contribution in [0.3, 0.4) is 0 Å². The van der Waals surface area contributed by atoms with E-state index in [1.54, 1.807) is 7.11 Å². The molecule has 0 bridgehead atoms. The van der Waals surface area contributed by atoms with Gasteiger partial charge in [-0.15, -0.1) is 0 Å². The lowest BCUT2D eigenvalue weighted by molar-refractivity contribution is 0.167. The normalized spacial score (nSPS) is 13.4. The number of hydrogen-bond donors (Lipinski definition) is 2. The number of nitrogen functional groups attached to an aromatic ring is 1. The second-order valence-corrected chi connectivity index (χ2v) is 6.28. The van der Waals surface area contributed by atoms with Crippen LogP contribution in [0.2, 0.25) is 0 Å². The van der Waals surface area contributed by atoms with Crippen molar-refractivity contribution in [2.45, 2.75) is 31.2 Å². The Morgan fingerprint density at radius 1 is 1.50 bits per heavy atom. The molecule has 3 N–H and O–H groups in total. The molecule has 0 saturated carbocycles. The fraction of sp³-hybridized carbons (Fsp3) is 0.583. The number of rotatable bonds is 8. The molecule has 0 aromatic carbocycles. The van der Waals surface area contributed by atoms with E-state index in [1.807, 2.05) is 13.8 Å². The minimum absolute atomic E-state index is 0.109. The SMILES string of the molecule is CCC(C)N(CCOC)S(=O)(=O)c1ccc(NN)nc1. The van der Waals surface area contributed by atoms with Gasteiger partial charge in [-0.2, -0.15) is 4.31 Å². The van der Waals surface area contributed by atoms with E-state index in [2.05, 4.69) is 10.4 Å². The molecule has 0 aliphatic carbocycles. The van der Waals surface area contributed by atoms with Gasteiger partial charge in [0.05, 0.1) is 6.61 Å². The topological polar surface area (TPSA) is 97.5 Å². The lowest BCUT2D eigenvalue weighted by Gasteiger charge is -2.27. The van der Waals surface area contributed by atoms with Crippen LogP contribution in [-0.2, 0) is 14.8 Å². The molecule has 0 radical (unpaired) electrons. The highest BCUT2D eigenvalue weighted by Crippen LogP contribution is 2.19. The molecule has 7 nitrogen and oxygen atoms in total. The van der Waals surface area contributed by atoms with E-state index in [1.165, 1.54) is 22.6 Å². The maximum atomic E-state index is 12.6. The van der Waals surface area contributed by atoms with Crippen molar-refractivity contribution in [3.05, 3.63) is 18.3 Å². The van der Waals surface area contributed by atoms with Crippen molar-refractivity contribution in [2.24, 2.45) is 5.84 Å². The van der Waals surface area contributed by atoms with Crippen molar-refractivity contribution in [2.75, 3.05) is 25.7 Å². The van der Waals surface area contributed by atoms with Gasteiger partial charge in [0.25, 0.3) is 0 Å². The molecule has 1 heterocycles. The lowest BCUT2D eigenvalue weighted by Crippen LogP contribution is -2.40. The van der Waals surface area contributed by atoms with Crippen molar-refractivity contribution < 1.29 is 13.2 Å². The molecule has 0 aliphatic rings. The smallest absolute Gasteiger partial charge is 0.244 e. The predicted octanol–water partition coefficient (Wildman–Crippen LogP) is 0.803. The third-order valence-corrected chi connectivity index (χ3v) is 5.09. The summed E-state index contributed by atoms with van der Waals surface area (Å²) < 4.78 is 31.7. The van der Waals surface area contributed by atoms with Crippen LogP contribution in [0.25, 0.3) is 0 Å². The Balaban J connectivity index is 3.07. The number of nitrogens with zero attached hydrogens (tertiary/aromatic N) is 2. The van der Waals surface area contributed by atoms with Gasteiger partial charge in [0.2, 0.25) is 10.0 Å². The zero-order chi connectivity index (χ0) is 15.2. The van der Waals surface area contributed by atoms with Gasteiger partial charge >= 0.3 is 0 Å². The summed E-state index contributed by atoms with van der Waals surface area (Å²) in [5.74, 6) is 5.63. The molecule has 1 atom stereocenters. The van der Waals surface area contributed by atoms with Gasteiger partial charge in [0.15, 0.2) is 0 Å². The Morgan fingerprint density at radius 2 is 2.20 bits per heavy atom. The molecular weight excluding hydrogens is 280 g/mol. The van der Waals surface area contributed by atoms with Crippen molar-refractivity contribution in [3.8, 4) is 0 Å². The standard InChI is InChI=1S/C12H22N4O3S/c1-4-10(2)16(7-8-19-3)20(17,18)11-5-6-12(15-13)14-9-11/h5-6,9-10H,4,7-8,13H2,1-3H3,(H,14,15). The number of pyridine rings is 1. The van der Waals surface area contributed by atoms with Gasteiger partial charge in [0, 0.05) is 25.9 Å². The summed E-state index contributed by atoms with van der Waals surface area (Å²) in [5.41, 5.74) is 2.36. The van der Waals surface area contributed by atoms with Crippen molar-refractivity contribution in [1.82, 2.24) is 9.29 Å². The quantitative estimate of drug-likeness (QED) is 0.544. The number of hydrazine groups is 1. The minimum Gasteiger partial charge on any atom is -0.383 e. The van der Waals surface area contributed by atoms with Crippen LogP contribution in [0.5, 0.6) is 0 Å². The highest BCUT2D eigenvalue weighted by Gasteiger charge is 2.28. The Labute approximate surface area is 120 Å². The van der Waals surface area contributed by atoms with E-state index in [4.69, 9.17) is 10.6 Å². The van der Waals surface area contributed by atoms with Gasteiger partial charge in [-0.05, 0) is 25.5 Å². The number of nitrogens with one attached hydrogen (secondary N) is 1. The zero-order valence-electron chi connectivity index (χ0n) is 12.0. The second-order valence-electron chi connectivity index (χ2n) is 4.39. The summed E-state index contributed by atoms with van der Waals surface area (Å²) in [4.78, 5) is 4.08. The zero-order valence-corrected chi connectivity index (χ0v) is 12.9. The third-order valence-electron chi connectivity index (χ3n) is 3.09. The summed E-state index contributed by atoms with van der Waals surface area (Å²) in [6.45, 7) is 4.47. The summed E-state index contributed by atoms with van der Waals surface area (Å²) in [5, 5.41) is 0. The van der Waals surface area contributed by atoms with E-state index in [0.717, 1.165) is 6.42 Å². The molecule has 114 valence electrons. The van der Waals surface area contributed by atoms with Crippen LogP contribution in [0.15, 0.2) is 23.2 Å².